The molecule has 3 heteroatoms. The van der Waals surface area contributed by atoms with Crippen LogP contribution in [0.5, 0.6) is 0 Å². The molecule has 0 N–H and O–H groups in total. The van der Waals surface area contributed by atoms with Crippen molar-refractivity contribution in [3.63, 3.8) is 0 Å². The maximum atomic E-state index is 11.0. The number of allylic oxidation sites excluding steroid dienone is 1. The summed E-state index contributed by atoms with van der Waals surface area (Å²) in [6.07, 6.45) is 3.77. The van der Waals surface area contributed by atoms with E-state index in [1.54, 1.807) is 13.0 Å². The summed E-state index contributed by atoms with van der Waals surface area (Å²) in [4.78, 5) is 21.7. The lowest BCUT2D eigenvalue weighted by molar-refractivity contribution is -0.151. The van der Waals surface area contributed by atoms with Gasteiger partial charge < -0.3 is 4.74 Å². The van der Waals surface area contributed by atoms with Gasteiger partial charge in [0.2, 0.25) is 0 Å². The van der Waals surface area contributed by atoms with Crippen LogP contribution in [0.1, 0.15) is 27.2 Å². The SMILES string of the molecule is CCOC(=O)C(=O)C=CCC(C)C. The van der Waals surface area contributed by atoms with Crippen LogP contribution in [-0.4, -0.2) is 18.4 Å². The van der Waals surface area contributed by atoms with Gasteiger partial charge in [-0.1, -0.05) is 19.9 Å². The second-order valence-electron chi connectivity index (χ2n) is 3.12. The fraction of sp³-hybridized carbons (Fsp3) is 0.600. The van der Waals surface area contributed by atoms with E-state index in [9.17, 15) is 9.59 Å². The van der Waals surface area contributed by atoms with E-state index in [-0.39, 0.29) is 6.61 Å². The van der Waals surface area contributed by atoms with Gasteiger partial charge in [-0.25, -0.2) is 4.79 Å². The standard InChI is InChI=1S/C10H16O3/c1-4-13-10(12)9(11)7-5-6-8(2)3/h5,7-8H,4,6H2,1-3H3. The Morgan fingerprint density at radius 1 is 1.38 bits per heavy atom. The Balaban J connectivity index is 3.85. The Bertz CT molecular complexity index is 204. The van der Waals surface area contributed by atoms with Crippen LogP contribution in [0.25, 0.3) is 0 Å². The molecule has 74 valence electrons. The molecule has 0 aromatic heterocycles. The number of esters is 1. The Kier molecular flexibility index (Phi) is 5.85. The average Bonchev–Trinajstić information content (AvgIpc) is 2.04. The lowest BCUT2D eigenvalue weighted by atomic mass is 10.1. The van der Waals surface area contributed by atoms with Gasteiger partial charge in [0.25, 0.3) is 5.78 Å². The first-order valence-electron chi connectivity index (χ1n) is 4.45. The van der Waals surface area contributed by atoms with E-state index in [1.165, 1.54) is 6.08 Å². The molecule has 0 aromatic rings. The highest BCUT2D eigenvalue weighted by Gasteiger charge is 2.09. The Labute approximate surface area is 78.8 Å². The Morgan fingerprint density at radius 3 is 2.46 bits per heavy atom. The van der Waals surface area contributed by atoms with Crippen LogP contribution in [0.4, 0.5) is 0 Å². The monoisotopic (exact) mass is 184 g/mol. The molecule has 0 aliphatic heterocycles. The van der Waals surface area contributed by atoms with Gasteiger partial charge in [-0.3, -0.25) is 4.79 Å². The molecular formula is C10H16O3. The molecule has 0 radical (unpaired) electrons. The molecule has 0 unspecified atom stereocenters. The molecule has 0 saturated heterocycles. The number of rotatable bonds is 5. The quantitative estimate of drug-likeness (QED) is 0.371. The highest BCUT2D eigenvalue weighted by Crippen LogP contribution is 1.99. The predicted molar refractivity (Wildman–Crippen MR) is 50.2 cm³/mol. The minimum atomic E-state index is -0.775. The third kappa shape index (κ3) is 6.08. The van der Waals surface area contributed by atoms with Gasteiger partial charge in [-0.2, -0.15) is 0 Å². The van der Waals surface area contributed by atoms with Crippen molar-refractivity contribution in [2.75, 3.05) is 6.61 Å². The van der Waals surface area contributed by atoms with Crippen molar-refractivity contribution in [1.29, 1.82) is 0 Å². The van der Waals surface area contributed by atoms with Crippen LogP contribution >= 0.6 is 0 Å². The molecule has 0 atom stereocenters. The maximum Gasteiger partial charge on any atom is 0.378 e. The van der Waals surface area contributed by atoms with Crippen molar-refractivity contribution in [3.8, 4) is 0 Å². The molecule has 0 aliphatic carbocycles. The summed E-state index contributed by atoms with van der Waals surface area (Å²) in [5.74, 6) is -0.865. The predicted octanol–water partition coefficient (Wildman–Crippen LogP) is 1.72. The van der Waals surface area contributed by atoms with Gasteiger partial charge in [-0.15, -0.1) is 0 Å². The van der Waals surface area contributed by atoms with E-state index in [2.05, 4.69) is 4.74 Å². The minimum absolute atomic E-state index is 0.239. The zero-order chi connectivity index (χ0) is 10.3. The number of ether oxygens (including phenoxy) is 1. The van der Waals surface area contributed by atoms with Crippen molar-refractivity contribution in [3.05, 3.63) is 12.2 Å². The lowest BCUT2D eigenvalue weighted by Gasteiger charge is -1.97. The van der Waals surface area contributed by atoms with Crippen LogP contribution in [0.2, 0.25) is 0 Å². The highest BCUT2D eigenvalue weighted by atomic mass is 16.5. The molecule has 0 bridgehead atoms. The summed E-state index contributed by atoms with van der Waals surface area (Å²) in [6, 6.07) is 0. The van der Waals surface area contributed by atoms with E-state index in [4.69, 9.17) is 0 Å². The second-order valence-corrected chi connectivity index (χ2v) is 3.12. The van der Waals surface area contributed by atoms with Crippen molar-refractivity contribution in [2.45, 2.75) is 27.2 Å². The largest absolute Gasteiger partial charge is 0.460 e. The van der Waals surface area contributed by atoms with Gasteiger partial charge in [0.05, 0.1) is 6.61 Å². The molecule has 0 heterocycles. The molecular weight excluding hydrogens is 168 g/mol. The summed E-state index contributed by atoms with van der Waals surface area (Å²) >= 11 is 0. The average molecular weight is 184 g/mol. The van der Waals surface area contributed by atoms with Gasteiger partial charge in [0.1, 0.15) is 0 Å². The zero-order valence-electron chi connectivity index (χ0n) is 8.37. The molecule has 3 nitrogen and oxygen atoms in total. The molecule has 13 heavy (non-hydrogen) atoms. The van der Waals surface area contributed by atoms with Crippen LogP contribution in [0.15, 0.2) is 12.2 Å². The molecule has 0 spiro atoms. The number of ketones is 1. The first kappa shape index (κ1) is 11.9. The van der Waals surface area contributed by atoms with Gasteiger partial charge in [0.15, 0.2) is 0 Å². The Morgan fingerprint density at radius 2 is 2.00 bits per heavy atom. The first-order valence-corrected chi connectivity index (χ1v) is 4.45. The zero-order valence-corrected chi connectivity index (χ0v) is 8.37. The van der Waals surface area contributed by atoms with Crippen LogP contribution < -0.4 is 0 Å². The van der Waals surface area contributed by atoms with Gasteiger partial charge in [0, 0.05) is 0 Å². The second kappa shape index (κ2) is 6.40. The van der Waals surface area contributed by atoms with E-state index in [1.807, 2.05) is 13.8 Å². The summed E-state index contributed by atoms with van der Waals surface area (Å²) in [6.45, 7) is 5.99. The van der Waals surface area contributed by atoms with Crippen molar-refractivity contribution >= 4 is 11.8 Å². The van der Waals surface area contributed by atoms with E-state index in [0.29, 0.717) is 5.92 Å². The fourth-order valence-electron chi connectivity index (χ4n) is 0.718. The summed E-state index contributed by atoms with van der Waals surface area (Å²) in [5, 5.41) is 0. The van der Waals surface area contributed by atoms with Crippen molar-refractivity contribution in [2.24, 2.45) is 5.92 Å². The molecule has 0 fully saturated rings. The van der Waals surface area contributed by atoms with Gasteiger partial charge in [-0.05, 0) is 25.3 Å². The highest BCUT2D eigenvalue weighted by molar-refractivity contribution is 6.38. The summed E-state index contributed by atoms with van der Waals surface area (Å²) in [5.41, 5.74) is 0. The number of carbonyl (C=O) groups is 2. The normalized spacial score (nSPS) is 10.8. The smallest absolute Gasteiger partial charge is 0.378 e. The lowest BCUT2D eigenvalue weighted by Crippen LogP contribution is -2.14. The van der Waals surface area contributed by atoms with E-state index in [0.717, 1.165) is 6.42 Å². The molecule has 0 aromatic carbocycles. The fourth-order valence-corrected chi connectivity index (χ4v) is 0.718. The number of carbonyl (C=O) groups excluding carboxylic acids is 2. The molecule has 0 saturated carbocycles. The summed E-state index contributed by atoms with van der Waals surface area (Å²) < 4.78 is 4.52. The molecule has 0 amide bonds. The van der Waals surface area contributed by atoms with Crippen LogP contribution in [-0.2, 0) is 14.3 Å². The Hall–Kier alpha value is -1.12. The van der Waals surface area contributed by atoms with Crippen LogP contribution in [0.3, 0.4) is 0 Å². The van der Waals surface area contributed by atoms with E-state index < -0.39 is 11.8 Å². The minimum Gasteiger partial charge on any atom is -0.460 e. The van der Waals surface area contributed by atoms with E-state index >= 15 is 0 Å². The van der Waals surface area contributed by atoms with Crippen molar-refractivity contribution < 1.29 is 14.3 Å². The van der Waals surface area contributed by atoms with Gasteiger partial charge >= 0.3 is 5.97 Å². The third-order valence-corrected chi connectivity index (χ3v) is 1.35. The molecule has 0 aliphatic rings. The maximum absolute atomic E-state index is 11.0. The summed E-state index contributed by atoms with van der Waals surface area (Å²) in [7, 11) is 0. The number of hydrogen-bond donors (Lipinski definition) is 0. The topological polar surface area (TPSA) is 43.4 Å². The van der Waals surface area contributed by atoms with Crippen LogP contribution in [0, 0.1) is 5.92 Å². The molecule has 0 rings (SSSR count). The van der Waals surface area contributed by atoms with Crippen molar-refractivity contribution in [1.82, 2.24) is 0 Å². The first-order chi connectivity index (χ1) is 6.07. The number of hydrogen-bond acceptors (Lipinski definition) is 3. The third-order valence-electron chi connectivity index (χ3n) is 1.35.